The molecular formula is C4H6AlO6. The summed E-state index contributed by atoms with van der Waals surface area (Å²) in [4.78, 5) is 18.0. The number of hydrogen-bond acceptors (Lipinski definition) is 6. The second-order valence-electron chi connectivity index (χ2n) is 1.06. The summed E-state index contributed by atoms with van der Waals surface area (Å²) < 4.78 is 0. The van der Waals surface area contributed by atoms with Crippen LogP contribution in [0, 0.1) is 0 Å². The van der Waals surface area contributed by atoms with Crippen molar-refractivity contribution in [2.75, 3.05) is 13.2 Å². The zero-order chi connectivity index (χ0) is 8.57. The summed E-state index contributed by atoms with van der Waals surface area (Å²) in [6.07, 6.45) is 0. The minimum atomic E-state index is -1.44. The first kappa shape index (κ1) is 16.8. The molecule has 0 aromatic rings. The largest absolute Gasteiger partial charge is 2.00 e. The Morgan fingerprint density at radius 1 is 1.00 bits per heavy atom. The average Bonchev–Trinajstić information content (AvgIpc) is 1.89. The van der Waals surface area contributed by atoms with E-state index in [0.29, 0.717) is 0 Å². The Morgan fingerprint density at radius 2 is 1.09 bits per heavy atom. The van der Waals surface area contributed by atoms with Crippen molar-refractivity contribution >= 4 is 29.3 Å². The topological polar surface area (TPSA) is 121 Å². The number of aliphatic hydroxyl groups is 2. The predicted octanol–water partition coefficient (Wildman–Crippen LogP) is -4.92. The Hall–Kier alpha value is -0.608. The molecule has 2 N–H and O–H groups in total. The fourth-order valence-electron chi connectivity index (χ4n) is 0. The maximum atomic E-state index is 9.01. The minimum Gasteiger partial charge on any atom is -0.548 e. The van der Waals surface area contributed by atoms with Gasteiger partial charge < -0.3 is 30.0 Å². The van der Waals surface area contributed by atoms with Gasteiger partial charge in [-0.2, -0.15) is 0 Å². The van der Waals surface area contributed by atoms with Crippen molar-refractivity contribution in [2.45, 2.75) is 0 Å². The molecule has 0 aliphatic rings. The van der Waals surface area contributed by atoms with Crippen molar-refractivity contribution in [1.82, 2.24) is 0 Å². The molecular weight excluding hydrogens is 171 g/mol. The van der Waals surface area contributed by atoms with Crippen molar-refractivity contribution in [3.05, 3.63) is 0 Å². The molecule has 0 fully saturated rings. The molecule has 0 atom stereocenters. The molecule has 0 bridgehead atoms. The zero-order valence-corrected chi connectivity index (χ0v) is 6.67. The van der Waals surface area contributed by atoms with E-state index in [-0.39, 0.29) is 17.4 Å². The first-order chi connectivity index (χ1) is 4.54. The van der Waals surface area contributed by atoms with E-state index < -0.39 is 25.2 Å². The monoisotopic (exact) mass is 177 g/mol. The second kappa shape index (κ2) is 12.1. The molecule has 0 aliphatic carbocycles. The average molecular weight is 177 g/mol. The Bertz CT molecular complexity index is 99.1. The Morgan fingerprint density at radius 3 is 1.09 bits per heavy atom. The van der Waals surface area contributed by atoms with Crippen LogP contribution in [0.25, 0.3) is 0 Å². The summed E-state index contributed by atoms with van der Waals surface area (Å²) >= 11 is 0. The van der Waals surface area contributed by atoms with Crippen molar-refractivity contribution in [3.8, 4) is 0 Å². The molecule has 11 heavy (non-hydrogen) atoms. The summed E-state index contributed by atoms with van der Waals surface area (Å²) in [6.45, 7) is -1.78. The van der Waals surface area contributed by atoms with E-state index in [2.05, 4.69) is 0 Å². The fourth-order valence-corrected chi connectivity index (χ4v) is 0. The number of carboxylic acids is 2. The van der Waals surface area contributed by atoms with Crippen LogP contribution < -0.4 is 10.2 Å². The van der Waals surface area contributed by atoms with Crippen LogP contribution in [0.4, 0.5) is 0 Å². The molecule has 61 valence electrons. The van der Waals surface area contributed by atoms with Gasteiger partial charge >= 0.3 is 17.4 Å². The smallest absolute Gasteiger partial charge is 0.548 e. The van der Waals surface area contributed by atoms with Crippen LogP contribution in [0.15, 0.2) is 0 Å². The molecule has 0 saturated heterocycles. The molecule has 0 aliphatic heterocycles. The number of aliphatic hydroxyl groups excluding tert-OH is 2. The summed E-state index contributed by atoms with van der Waals surface area (Å²) in [5.74, 6) is -2.88. The molecule has 0 unspecified atom stereocenters. The molecule has 0 spiro atoms. The maximum absolute atomic E-state index is 9.01. The summed E-state index contributed by atoms with van der Waals surface area (Å²) in [5.41, 5.74) is 0. The van der Waals surface area contributed by atoms with E-state index in [1.54, 1.807) is 0 Å². The SMILES string of the molecule is O=C([O-])CO.O=C([O-])CO.[Al+2]. The molecule has 0 heterocycles. The van der Waals surface area contributed by atoms with Gasteiger partial charge in [0, 0.05) is 0 Å². The number of carboxylic acid groups (broad SMARTS) is 2. The van der Waals surface area contributed by atoms with Gasteiger partial charge in [-0.05, 0) is 0 Å². The van der Waals surface area contributed by atoms with Gasteiger partial charge in [-0.25, -0.2) is 0 Å². The third kappa shape index (κ3) is 44.6. The Kier molecular flexibility index (Phi) is 18.5. The van der Waals surface area contributed by atoms with Crippen LogP contribution in [0.3, 0.4) is 0 Å². The van der Waals surface area contributed by atoms with E-state index in [0.717, 1.165) is 0 Å². The summed E-state index contributed by atoms with van der Waals surface area (Å²) in [6, 6.07) is 0. The molecule has 0 saturated carbocycles. The predicted molar refractivity (Wildman–Crippen MR) is 29.9 cm³/mol. The first-order valence-corrected chi connectivity index (χ1v) is 2.16. The van der Waals surface area contributed by atoms with Crippen LogP contribution in [-0.4, -0.2) is 52.7 Å². The number of rotatable bonds is 2. The zero-order valence-electron chi connectivity index (χ0n) is 5.52. The molecule has 7 heteroatoms. The molecule has 1 radical (unpaired) electrons. The van der Waals surface area contributed by atoms with Crippen molar-refractivity contribution in [1.29, 1.82) is 0 Å². The Balaban J connectivity index is -0.000000107. The van der Waals surface area contributed by atoms with Gasteiger partial charge in [-0.1, -0.05) is 0 Å². The quantitative estimate of drug-likeness (QED) is 0.407. The van der Waals surface area contributed by atoms with E-state index in [1.165, 1.54) is 0 Å². The third-order valence-corrected chi connectivity index (χ3v) is 0.258. The van der Waals surface area contributed by atoms with Gasteiger partial charge in [0.15, 0.2) is 0 Å². The molecule has 0 aromatic heterocycles. The van der Waals surface area contributed by atoms with Gasteiger partial charge in [-0.15, -0.1) is 0 Å². The number of carbonyl (C=O) groups excluding carboxylic acids is 2. The normalized spacial score (nSPS) is 6.73. The molecule has 6 nitrogen and oxygen atoms in total. The van der Waals surface area contributed by atoms with Crippen molar-refractivity contribution < 1.29 is 30.0 Å². The van der Waals surface area contributed by atoms with Crippen LogP contribution in [0.5, 0.6) is 0 Å². The van der Waals surface area contributed by atoms with Crippen molar-refractivity contribution in [2.24, 2.45) is 0 Å². The minimum absolute atomic E-state index is 0. The van der Waals surface area contributed by atoms with Crippen LogP contribution in [-0.2, 0) is 9.59 Å². The van der Waals surface area contributed by atoms with Crippen LogP contribution in [0.1, 0.15) is 0 Å². The van der Waals surface area contributed by atoms with Gasteiger partial charge in [0.1, 0.15) is 0 Å². The number of hydrogen-bond donors (Lipinski definition) is 2. The third-order valence-electron chi connectivity index (χ3n) is 0.258. The van der Waals surface area contributed by atoms with Crippen LogP contribution in [0.2, 0.25) is 0 Å². The first-order valence-electron chi connectivity index (χ1n) is 2.16. The van der Waals surface area contributed by atoms with E-state index in [9.17, 15) is 0 Å². The molecule has 0 amide bonds. The molecule has 0 rings (SSSR count). The molecule has 0 aromatic carbocycles. The number of carbonyl (C=O) groups is 2. The van der Waals surface area contributed by atoms with Crippen molar-refractivity contribution in [3.63, 3.8) is 0 Å². The van der Waals surface area contributed by atoms with E-state index >= 15 is 0 Å². The Labute approximate surface area is 73.2 Å². The second-order valence-corrected chi connectivity index (χ2v) is 1.06. The number of aliphatic carboxylic acids is 2. The standard InChI is InChI=1S/2C2H4O3.Al/c2*3-1-2(4)5;/h2*3H,1H2,(H,4,5);/q;;+2/p-2. The summed E-state index contributed by atoms with van der Waals surface area (Å²) in [5, 5.41) is 33.0. The fraction of sp³-hybridized carbons (Fsp3) is 0.500. The van der Waals surface area contributed by atoms with Gasteiger partial charge in [-0.3, -0.25) is 0 Å². The van der Waals surface area contributed by atoms with Gasteiger partial charge in [0.2, 0.25) is 0 Å². The summed E-state index contributed by atoms with van der Waals surface area (Å²) in [7, 11) is 0. The van der Waals surface area contributed by atoms with Crippen LogP contribution >= 0.6 is 0 Å². The van der Waals surface area contributed by atoms with Gasteiger partial charge in [0.25, 0.3) is 0 Å². The van der Waals surface area contributed by atoms with Gasteiger partial charge in [0.05, 0.1) is 25.2 Å². The van der Waals surface area contributed by atoms with E-state index in [1.807, 2.05) is 0 Å². The maximum Gasteiger partial charge on any atom is 2.00 e. The van der Waals surface area contributed by atoms with E-state index in [4.69, 9.17) is 30.0 Å².